The molecule has 0 saturated carbocycles. The highest BCUT2D eigenvalue weighted by Gasteiger charge is 2.23. The van der Waals surface area contributed by atoms with Gasteiger partial charge in [-0.1, -0.05) is 28.1 Å². The Hall–Kier alpha value is -1.92. The topological polar surface area (TPSA) is 41.6 Å². The minimum absolute atomic E-state index is 0.0881. The summed E-state index contributed by atoms with van der Waals surface area (Å²) in [5, 5.41) is 3.09. The summed E-state index contributed by atoms with van der Waals surface area (Å²) in [4.78, 5) is 14.7. The summed E-state index contributed by atoms with van der Waals surface area (Å²) in [5.41, 5.74) is 1.11. The maximum atomic E-state index is 13.0. The Morgan fingerprint density at radius 2 is 1.81 bits per heavy atom. The zero-order chi connectivity index (χ0) is 19.2. The van der Waals surface area contributed by atoms with Gasteiger partial charge in [0.25, 0.3) is 5.91 Å². The summed E-state index contributed by atoms with van der Waals surface area (Å²) in [5.74, 6) is 0.379. The van der Waals surface area contributed by atoms with Gasteiger partial charge in [-0.3, -0.25) is 9.69 Å². The minimum atomic E-state index is -0.538. The van der Waals surface area contributed by atoms with Crippen molar-refractivity contribution in [3.63, 3.8) is 0 Å². The number of hydrogen-bond donors (Lipinski definition) is 1. The van der Waals surface area contributed by atoms with Gasteiger partial charge in [0.1, 0.15) is 11.6 Å². The smallest absolute Gasteiger partial charge is 0.260 e. The first-order chi connectivity index (χ1) is 13.0. The second kappa shape index (κ2) is 9.33. The number of amides is 1. The van der Waals surface area contributed by atoms with E-state index in [4.69, 9.17) is 4.74 Å². The third-order valence-corrected chi connectivity index (χ3v) is 5.28. The molecule has 1 amide bonds. The van der Waals surface area contributed by atoms with E-state index in [0.717, 1.165) is 42.5 Å². The second-order valence-electron chi connectivity index (χ2n) is 6.90. The molecule has 0 bridgehead atoms. The maximum absolute atomic E-state index is 13.0. The van der Waals surface area contributed by atoms with Gasteiger partial charge in [0, 0.05) is 30.1 Å². The standard InChI is InChI=1S/C21H24BrFN2O2/c1-15(27-20-8-4-17(22)5-9-20)21(26)24-19-10-12-25(13-11-19)14-16-2-6-18(23)7-3-16/h2-9,15,19H,10-14H2,1H3,(H,24,26). The Bertz CT molecular complexity index is 744. The van der Waals surface area contributed by atoms with Crippen LogP contribution >= 0.6 is 15.9 Å². The monoisotopic (exact) mass is 434 g/mol. The molecule has 1 fully saturated rings. The third kappa shape index (κ3) is 6.04. The van der Waals surface area contributed by atoms with E-state index < -0.39 is 6.10 Å². The quantitative estimate of drug-likeness (QED) is 0.742. The fourth-order valence-electron chi connectivity index (χ4n) is 3.17. The van der Waals surface area contributed by atoms with Gasteiger partial charge in [-0.05, 0) is 61.7 Å². The first-order valence-corrected chi connectivity index (χ1v) is 9.98. The van der Waals surface area contributed by atoms with Gasteiger partial charge in [0.15, 0.2) is 6.10 Å². The lowest BCUT2D eigenvalue weighted by Crippen LogP contribution is -2.47. The van der Waals surface area contributed by atoms with Gasteiger partial charge >= 0.3 is 0 Å². The molecule has 1 aliphatic heterocycles. The van der Waals surface area contributed by atoms with Crippen molar-refractivity contribution in [2.75, 3.05) is 13.1 Å². The zero-order valence-electron chi connectivity index (χ0n) is 15.3. The van der Waals surface area contributed by atoms with Crippen molar-refractivity contribution in [2.45, 2.75) is 38.5 Å². The number of carbonyl (C=O) groups is 1. The van der Waals surface area contributed by atoms with Gasteiger partial charge in [0.2, 0.25) is 0 Å². The SMILES string of the molecule is CC(Oc1ccc(Br)cc1)C(=O)NC1CCN(Cc2ccc(F)cc2)CC1. The normalized spacial score (nSPS) is 16.7. The minimum Gasteiger partial charge on any atom is -0.481 e. The number of hydrogen-bond acceptors (Lipinski definition) is 3. The average molecular weight is 435 g/mol. The molecule has 3 rings (SSSR count). The zero-order valence-corrected chi connectivity index (χ0v) is 16.9. The molecule has 1 atom stereocenters. The van der Waals surface area contributed by atoms with Gasteiger partial charge < -0.3 is 10.1 Å². The van der Waals surface area contributed by atoms with Crippen LogP contribution in [0, 0.1) is 5.82 Å². The molecule has 4 nitrogen and oxygen atoms in total. The molecule has 1 aliphatic rings. The number of ether oxygens (including phenoxy) is 1. The molecule has 1 unspecified atom stereocenters. The summed E-state index contributed by atoms with van der Waals surface area (Å²) < 4.78 is 19.7. The van der Waals surface area contributed by atoms with Crippen molar-refractivity contribution in [2.24, 2.45) is 0 Å². The molecule has 0 aliphatic carbocycles. The van der Waals surface area contributed by atoms with Crippen molar-refractivity contribution in [3.8, 4) is 5.75 Å². The molecule has 1 N–H and O–H groups in total. The summed E-state index contributed by atoms with van der Waals surface area (Å²) in [6, 6.07) is 14.2. The van der Waals surface area contributed by atoms with Crippen LogP contribution in [0.25, 0.3) is 0 Å². The molecular formula is C21H24BrFN2O2. The number of carbonyl (C=O) groups excluding carboxylic acids is 1. The van der Waals surface area contributed by atoms with E-state index in [1.165, 1.54) is 12.1 Å². The van der Waals surface area contributed by atoms with Crippen LogP contribution in [0.2, 0.25) is 0 Å². The van der Waals surface area contributed by atoms with Crippen molar-refractivity contribution >= 4 is 21.8 Å². The largest absolute Gasteiger partial charge is 0.481 e. The first kappa shape index (κ1) is 19.8. The summed E-state index contributed by atoms with van der Waals surface area (Å²) in [6.07, 6.45) is 1.26. The number of halogens is 2. The van der Waals surface area contributed by atoms with Crippen LogP contribution in [0.1, 0.15) is 25.3 Å². The molecule has 6 heteroatoms. The van der Waals surface area contributed by atoms with E-state index >= 15 is 0 Å². The summed E-state index contributed by atoms with van der Waals surface area (Å²) >= 11 is 3.38. The molecule has 0 aromatic heterocycles. The fraction of sp³-hybridized carbons (Fsp3) is 0.381. The van der Waals surface area contributed by atoms with Gasteiger partial charge in [-0.2, -0.15) is 0 Å². The summed E-state index contributed by atoms with van der Waals surface area (Å²) in [6.45, 7) is 4.39. The van der Waals surface area contributed by atoms with E-state index in [9.17, 15) is 9.18 Å². The Kier molecular flexibility index (Phi) is 6.85. The molecule has 2 aromatic carbocycles. The number of nitrogens with one attached hydrogen (secondary N) is 1. The molecule has 27 heavy (non-hydrogen) atoms. The summed E-state index contributed by atoms with van der Waals surface area (Å²) in [7, 11) is 0. The van der Waals surface area contributed by atoms with Gasteiger partial charge in [-0.25, -0.2) is 4.39 Å². The third-order valence-electron chi connectivity index (χ3n) is 4.75. The molecule has 2 aromatic rings. The molecule has 144 valence electrons. The fourth-order valence-corrected chi connectivity index (χ4v) is 3.44. The second-order valence-corrected chi connectivity index (χ2v) is 7.82. The molecule has 0 spiro atoms. The number of rotatable bonds is 6. The maximum Gasteiger partial charge on any atom is 0.260 e. The van der Waals surface area contributed by atoms with E-state index in [-0.39, 0.29) is 17.8 Å². The van der Waals surface area contributed by atoms with Crippen LogP contribution in [0.4, 0.5) is 4.39 Å². The number of likely N-dealkylation sites (tertiary alicyclic amines) is 1. The predicted molar refractivity (Wildman–Crippen MR) is 107 cm³/mol. The van der Waals surface area contributed by atoms with E-state index in [1.54, 1.807) is 6.92 Å². The number of piperidine rings is 1. The first-order valence-electron chi connectivity index (χ1n) is 9.19. The Labute approximate surface area is 167 Å². The van der Waals surface area contributed by atoms with Crippen LogP contribution in [-0.4, -0.2) is 36.0 Å². The molecule has 0 radical (unpaired) electrons. The lowest BCUT2D eigenvalue weighted by atomic mass is 10.0. The van der Waals surface area contributed by atoms with E-state index in [2.05, 4.69) is 26.1 Å². The molecule has 1 heterocycles. The average Bonchev–Trinajstić information content (AvgIpc) is 2.67. The van der Waals surface area contributed by atoms with Crippen LogP contribution in [0.3, 0.4) is 0 Å². The van der Waals surface area contributed by atoms with Gasteiger partial charge in [-0.15, -0.1) is 0 Å². The highest BCUT2D eigenvalue weighted by Crippen LogP contribution is 2.18. The Morgan fingerprint density at radius 3 is 2.44 bits per heavy atom. The highest BCUT2D eigenvalue weighted by atomic mass is 79.9. The van der Waals surface area contributed by atoms with Crippen LogP contribution < -0.4 is 10.1 Å². The van der Waals surface area contributed by atoms with E-state index in [0.29, 0.717) is 5.75 Å². The Morgan fingerprint density at radius 1 is 1.19 bits per heavy atom. The van der Waals surface area contributed by atoms with Crippen molar-refractivity contribution in [3.05, 3.63) is 64.4 Å². The molecular weight excluding hydrogens is 411 g/mol. The Balaban J connectivity index is 1.42. The molecule has 1 saturated heterocycles. The highest BCUT2D eigenvalue weighted by molar-refractivity contribution is 9.10. The van der Waals surface area contributed by atoms with Crippen LogP contribution in [0.5, 0.6) is 5.75 Å². The van der Waals surface area contributed by atoms with Crippen molar-refractivity contribution < 1.29 is 13.9 Å². The van der Waals surface area contributed by atoms with E-state index in [1.807, 2.05) is 36.4 Å². The van der Waals surface area contributed by atoms with Crippen LogP contribution in [0.15, 0.2) is 53.0 Å². The predicted octanol–water partition coefficient (Wildman–Crippen LogP) is 4.14. The van der Waals surface area contributed by atoms with Crippen molar-refractivity contribution in [1.82, 2.24) is 10.2 Å². The lowest BCUT2D eigenvalue weighted by Gasteiger charge is -2.32. The number of benzene rings is 2. The van der Waals surface area contributed by atoms with Crippen molar-refractivity contribution in [1.29, 1.82) is 0 Å². The van der Waals surface area contributed by atoms with Crippen LogP contribution in [-0.2, 0) is 11.3 Å². The lowest BCUT2D eigenvalue weighted by molar-refractivity contribution is -0.128. The number of nitrogens with zero attached hydrogens (tertiary/aromatic N) is 1. The van der Waals surface area contributed by atoms with Gasteiger partial charge in [0.05, 0.1) is 0 Å².